The van der Waals surface area contributed by atoms with Crippen LogP contribution in [0.3, 0.4) is 0 Å². The molecule has 1 aliphatic heterocycles. The second-order valence-corrected chi connectivity index (χ2v) is 6.71. The summed E-state index contributed by atoms with van der Waals surface area (Å²) in [5, 5.41) is 27.8. The van der Waals surface area contributed by atoms with Gasteiger partial charge in [-0.25, -0.2) is 9.98 Å². The maximum absolute atomic E-state index is 10.6. The number of nitriles is 1. The second kappa shape index (κ2) is 8.27. The third-order valence-electron chi connectivity index (χ3n) is 4.11. The van der Waals surface area contributed by atoms with Crippen LogP contribution in [0, 0.1) is 18.3 Å². The summed E-state index contributed by atoms with van der Waals surface area (Å²) < 4.78 is 1.81. The predicted octanol–water partition coefficient (Wildman–Crippen LogP) is 3.64. The number of aryl methyl sites for hydroxylation is 1. The Balaban J connectivity index is 0.000000552. The lowest BCUT2D eigenvalue weighted by Gasteiger charge is -2.12. The summed E-state index contributed by atoms with van der Waals surface area (Å²) in [4.78, 5) is 17.9. The number of aliphatic carboxylic acids is 1. The van der Waals surface area contributed by atoms with Crippen molar-refractivity contribution in [1.29, 1.82) is 5.26 Å². The number of rotatable bonds is 1. The highest BCUT2D eigenvalue weighted by atomic mass is 35.5. The van der Waals surface area contributed by atoms with Crippen molar-refractivity contribution in [1.82, 2.24) is 9.55 Å². The zero-order chi connectivity index (χ0) is 21.1. The quantitative estimate of drug-likeness (QED) is 0.638. The van der Waals surface area contributed by atoms with Crippen molar-refractivity contribution in [2.75, 3.05) is 0 Å². The fourth-order valence-corrected chi connectivity index (χ4v) is 3.24. The van der Waals surface area contributed by atoms with Crippen molar-refractivity contribution in [3.63, 3.8) is 0 Å². The molecule has 146 valence electrons. The minimum absolute atomic E-state index is 0.436. The number of imidazole rings is 1. The summed E-state index contributed by atoms with van der Waals surface area (Å²) in [6.07, 6.45) is 0.715. The number of halogens is 1. The van der Waals surface area contributed by atoms with E-state index in [0.29, 0.717) is 27.7 Å². The molecule has 0 saturated carbocycles. The van der Waals surface area contributed by atoms with Gasteiger partial charge in [0.25, 0.3) is 5.97 Å². The molecule has 1 atom stereocenters. The zero-order valence-corrected chi connectivity index (χ0v) is 16.4. The summed E-state index contributed by atoms with van der Waals surface area (Å²) in [5.74, 6) is -0.398. The van der Waals surface area contributed by atoms with Gasteiger partial charge in [-0.3, -0.25) is 9.36 Å². The lowest BCUT2D eigenvalue weighted by Crippen LogP contribution is -2.08. The van der Waals surface area contributed by atoms with E-state index in [4.69, 9.17) is 21.5 Å². The maximum atomic E-state index is 10.6. The van der Waals surface area contributed by atoms with Gasteiger partial charge in [0, 0.05) is 29.3 Å². The third-order valence-corrected chi connectivity index (χ3v) is 4.43. The third kappa shape index (κ3) is 4.19. The van der Waals surface area contributed by atoms with Gasteiger partial charge in [0.2, 0.25) is 6.23 Å². The highest BCUT2D eigenvalue weighted by Crippen LogP contribution is 2.31. The topological polar surface area (TPSA) is 112 Å². The summed E-state index contributed by atoms with van der Waals surface area (Å²) in [6.45, 7) is 2.94. The normalized spacial score (nSPS) is 14.3. The molecule has 8 heteroatoms. The molecule has 0 amide bonds. The van der Waals surface area contributed by atoms with Crippen molar-refractivity contribution < 1.29 is 15.0 Å². The van der Waals surface area contributed by atoms with Crippen molar-refractivity contribution in [3.05, 3.63) is 81.9 Å². The molecule has 0 fully saturated rings. The fraction of sp³-hybridized carbons (Fsp3) is 0.143. The molecule has 0 bridgehead atoms. The molecule has 4 rings (SSSR count). The van der Waals surface area contributed by atoms with Gasteiger partial charge in [0.15, 0.2) is 5.82 Å². The van der Waals surface area contributed by atoms with Crippen LogP contribution in [0.4, 0.5) is 0 Å². The molecule has 2 heterocycles. The van der Waals surface area contributed by atoms with Gasteiger partial charge in [-0.15, -0.1) is 0 Å². The lowest BCUT2D eigenvalue weighted by molar-refractivity contribution is -0.134. The van der Waals surface area contributed by atoms with Crippen molar-refractivity contribution in [2.24, 2.45) is 4.99 Å². The molecule has 1 aromatic heterocycles. The van der Waals surface area contributed by atoms with Gasteiger partial charge >= 0.3 is 0 Å². The Morgan fingerprint density at radius 2 is 1.93 bits per heavy atom. The highest BCUT2D eigenvalue weighted by molar-refractivity contribution is 6.35. The Morgan fingerprint density at radius 3 is 2.59 bits per heavy atom. The molecule has 29 heavy (non-hydrogen) atoms. The van der Waals surface area contributed by atoms with Gasteiger partial charge < -0.3 is 10.2 Å². The molecule has 3 aromatic rings. The van der Waals surface area contributed by atoms with E-state index in [2.05, 4.69) is 16.0 Å². The number of aliphatic imine (C=N–C) groups is 1. The Hall–Kier alpha value is -3.47. The monoisotopic (exact) mass is 408 g/mol. The van der Waals surface area contributed by atoms with Crippen LogP contribution >= 0.6 is 11.6 Å². The second-order valence-electron chi connectivity index (χ2n) is 6.30. The first-order chi connectivity index (χ1) is 13.8. The van der Waals surface area contributed by atoms with Crippen LogP contribution in [0.2, 0.25) is 5.02 Å². The number of hydrogen-bond donors (Lipinski definition) is 2. The van der Waals surface area contributed by atoms with E-state index < -0.39 is 12.2 Å². The summed E-state index contributed by atoms with van der Waals surface area (Å²) in [5.41, 5.74) is 4.04. The number of benzene rings is 2. The molecule has 1 aliphatic rings. The van der Waals surface area contributed by atoms with E-state index in [-0.39, 0.29) is 0 Å². The predicted molar refractivity (Wildman–Crippen MR) is 108 cm³/mol. The number of aliphatic hydroxyl groups is 1. The van der Waals surface area contributed by atoms with Crippen LogP contribution in [0.25, 0.3) is 5.69 Å². The first-order valence-electron chi connectivity index (χ1n) is 8.63. The number of carboxylic acids is 1. The summed E-state index contributed by atoms with van der Waals surface area (Å²) in [6, 6.07) is 14.8. The molecule has 0 aliphatic carbocycles. The van der Waals surface area contributed by atoms with Crippen LogP contribution < -0.4 is 0 Å². The SMILES string of the molecule is CC(=O)O.Cc1cn2c(n1)C(O)N=C(c1ccccc1Cl)c1cc(C#N)ccc1-2. The average Bonchev–Trinajstić information content (AvgIpc) is 3.03. The minimum atomic E-state index is -1.13. The van der Waals surface area contributed by atoms with E-state index in [1.54, 1.807) is 18.2 Å². The molecule has 2 aromatic carbocycles. The number of aliphatic hydroxyl groups excluding tert-OH is 1. The van der Waals surface area contributed by atoms with Gasteiger partial charge in [-0.05, 0) is 31.2 Å². The van der Waals surface area contributed by atoms with Crippen LogP contribution in [0.5, 0.6) is 0 Å². The smallest absolute Gasteiger partial charge is 0.300 e. The van der Waals surface area contributed by atoms with Crippen LogP contribution in [0.15, 0.2) is 53.7 Å². The number of nitrogens with zero attached hydrogens (tertiary/aromatic N) is 4. The van der Waals surface area contributed by atoms with E-state index in [0.717, 1.165) is 23.9 Å². The number of fused-ring (bicyclic) bond motifs is 3. The van der Waals surface area contributed by atoms with Gasteiger partial charge in [-0.2, -0.15) is 5.26 Å². The van der Waals surface area contributed by atoms with E-state index >= 15 is 0 Å². The summed E-state index contributed by atoms with van der Waals surface area (Å²) >= 11 is 6.36. The molecular weight excluding hydrogens is 392 g/mol. The van der Waals surface area contributed by atoms with Gasteiger partial charge in [0.1, 0.15) is 0 Å². The first kappa shape index (κ1) is 20.3. The van der Waals surface area contributed by atoms with E-state index in [1.807, 2.05) is 42.0 Å². The van der Waals surface area contributed by atoms with E-state index in [9.17, 15) is 10.4 Å². The van der Waals surface area contributed by atoms with Crippen molar-refractivity contribution >= 4 is 23.3 Å². The molecular formula is C21H17ClN4O3. The Morgan fingerprint density at radius 1 is 1.24 bits per heavy atom. The summed E-state index contributed by atoms with van der Waals surface area (Å²) in [7, 11) is 0. The molecule has 1 unspecified atom stereocenters. The number of carbonyl (C=O) groups is 1. The van der Waals surface area contributed by atoms with E-state index in [1.165, 1.54) is 0 Å². The number of aromatic nitrogens is 2. The Bertz CT molecular complexity index is 1160. The number of hydrogen-bond acceptors (Lipinski definition) is 5. The zero-order valence-electron chi connectivity index (χ0n) is 15.7. The van der Waals surface area contributed by atoms with Crippen molar-refractivity contribution in [2.45, 2.75) is 20.1 Å². The van der Waals surface area contributed by atoms with Crippen LogP contribution in [-0.4, -0.2) is 31.4 Å². The van der Waals surface area contributed by atoms with Crippen LogP contribution in [-0.2, 0) is 4.79 Å². The standard InChI is InChI=1S/C19H13ClN4O.C2H4O2/c1-11-10-24-16-7-6-12(9-21)8-14(16)17(23-19(25)18(24)22-11)13-4-2-3-5-15(13)20;1-2(3)4/h2-8,10,19,25H,1H3;1H3,(H,3,4). The van der Waals surface area contributed by atoms with Gasteiger partial charge in [0.05, 0.1) is 28.7 Å². The largest absolute Gasteiger partial charge is 0.481 e. The lowest BCUT2D eigenvalue weighted by atomic mass is 9.98. The van der Waals surface area contributed by atoms with Crippen LogP contribution in [0.1, 0.15) is 41.4 Å². The fourth-order valence-electron chi connectivity index (χ4n) is 3.01. The minimum Gasteiger partial charge on any atom is -0.481 e. The maximum Gasteiger partial charge on any atom is 0.300 e. The molecule has 0 radical (unpaired) electrons. The van der Waals surface area contributed by atoms with Crippen molar-refractivity contribution in [3.8, 4) is 11.8 Å². The average molecular weight is 409 g/mol. The molecule has 0 spiro atoms. The van der Waals surface area contributed by atoms with Gasteiger partial charge in [-0.1, -0.05) is 29.8 Å². The Labute approximate surface area is 172 Å². The number of carboxylic acid groups (broad SMARTS) is 1. The highest BCUT2D eigenvalue weighted by Gasteiger charge is 2.26. The molecule has 7 nitrogen and oxygen atoms in total. The molecule has 0 saturated heterocycles. The first-order valence-corrected chi connectivity index (χ1v) is 9.00. The Kier molecular flexibility index (Phi) is 5.78. The molecule has 2 N–H and O–H groups in total.